The molecule has 0 unspecified atom stereocenters. The van der Waals surface area contributed by atoms with E-state index in [1.54, 1.807) is 11.0 Å². The lowest BCUT2D eigenvalue weighted by molar-refractivity contribution is -0.121. The lowest BCUT2D eigenvalue weighted by atomic mass is 10.1. The maximum Gasteiger partial charge on any atom is 0.223 e. The summed E-state index contributed by atoms with van der Waals surface area (Å²) in [5.41, 5.74) is 2.71. The molecule has 0 aliphatic heterocycles. The molecule has 0 spiro atoms. The molecule has 0 aliphatic rings. The van der Waals surface area contributed by atoms with Gasteiger partial charge in [0.25, 0.3) is 0 Å². The third-order valence-electron chi connectivity index (χ3n) is 3.78. The van der Waals surface area contributed by atoms with Gasteiger partial charge in [0.2, 0.25) is 11.8 Å². The van der Waals surface area contributed by atoms with E-state index < -0.39 is 0 Å². The first-order valence-electron chi connectivity index (χ1n) is 7.83. The second-order valence-electron chi connectivity index (χ2n) is 5.58. The first-order valence-corrected chi connectivity index (χ1v) is 8.20. The van der Waals surface area contributed by atoms with Crippen LogP contribution in [0.15, 0.2) is 48.5 Å². The second-order valence-corrected chi connectivity index (χ2v) is 5.98. The van der Waals surface area contributed by atoms with Crippen LogP contribution in [-0.2, 0) is 16.1 Å². The minimum absolute atomic E-state index is 0.0804. The number of nitrogens with zero attached hydrogens (tertiary/aromatic N) is 1. The predicted molar refractivity (Wildman–Crippen MR) is 97.1 cm³/mol. The summed E-state index contributed by atoms with van der Waals surface area (Å²) < 4.78 is 0. The number of carbonyl (C=O) groups excluding carboxylic acids is 2. The molecule has 0 fully saturated rings. The summed E-state index contributed by atoms with van der Waals surface area (Å²) >= 11 is 6.07. The van der Waals surface area contributed by atoms with E-state index in [1.165, 1.54) is 6.92 Å². The smallest absolute Gasteiger partial charge is 0.223 e. The van der Waals surface area contributed by atoms with Crippen molar-refractivity contribution >= 4 is 29.1 Å². The number of halogens is 1. The summed E-state index contributed by atoms with van der Waals surface area (Å²) in [6, 6.07) is 15.0. The second kappa shape index (κ2) is 8.50. The Kier molecular flexibility index (Phi) is 6.38. The highest BCUT2D eigenvalue weighted by Gasteiger charge is 2.15. The number of hydrogen-bond acceptors (Lipinski definition) is 2. The van der Waals surface area contributed by atoms with Gasteiger partial charge in [0.05, 0.1) is 0 Å². The van der Waals surface area contributed by atoms with E-state index in [9.17, 15) is 9.59 Å². The monoisotopic (exact) mass is 344 g/mol. The molecule has 4 nitrogen and oxygen atoms in total. The van der Waals surface area contributed by atoms with Gasteiger partial charge in [0.15, 0.2) is 0 Å². The normalized spacial score (nSPS) is 10.3. The van der Waals surface area contributed by atoms with Crippen molar-refractivity contribution in [2.45, 2.75) is 26.8 Å². The molecule has 0 atom stereocenters. The summed E-state index contributed by atoms with van der Waals surface area (Å²) in [4.78, 5) is 25.6. The Morgan fingerprint density at radius 3 is 2.42 bits per heavy atom. The third kappa shape index (κ3) is 4.83. The lowest BCUT2D eigenvalue weighted by Gasteiger charge is -2.22. The Morgan fingerprint density at radius 2 is 1.75 bits per heavy atom. The maximum absolute atomic E-state index is 12.1. The molecule has 1 N–H and O–H groups in total. The van der Waals surface area contributed by atoms with E-state index in [0.29, 0.717) is 18.1 Å². The van der Waals surface area contributed by atoms with Gasteiger partial charge in [-0.1, -0.05) is 48.0 Å². The average Bonchev–Trinajstić information content (AvgIpc) is 2.55. The number of benzene rings is 2. The molecular weight excluding hydrogens is 324 g/mol. The van der Waals surface area contributed by atoms with Gasteiger partial charge in [0.1, 0.15) is 0 Å². The number of rotatable bonds is 6. The van der Waals surface area contributed by atoms with Gasteiger partial charge < -0.3 is 10.2 Å². The molecule has 5 heteroatoms. The zero-order valence-electron chi connectivity index (χ0n) is 13.9. The van der Waals surface area contributed by atoms with Gasteiger partial charge in [0, 0.05) is 37.1 Å². The number of aryl methyl sites for hydroxylation is 1. The van der Waals surface area contributed by atoms with E-state index in [2.05, 4.69) is 5.32 Å². The molecule has 0 saturated heterocycles. The molecule has 2 aromatic rings. The molecule has 24 heavy (non-hydrogen) atoms. The van der Waals surface area contributed by atoms with E-state index >= 15 is 0 Å². The molecule has 0 aromatic heterocycles. The van der Waals surface area contributed by atoms with Crippen molar-refractivity contribution in [2.75, 3.05) is 11.4 Å². The average molecular weight is 345 g/mol. The number of carbonyl (C=O) groups is 2. The highest BCUT2D eigenvalue weighted by molar-refractivity contribution is 6.31. The van der Waals surface area contributed by atoms with Crippen molar-refractivity contribution < 1.29 is 9.59 Å². The topological polar surface area (TPSA) is 49.4 Å². The van der Waals surface area contributed by atoms with Crippen molar-refractivity contribution in [2.24, 2.45) is 0 Å². The number of hydrogen-bond donors (Lipinski definition) is 1. The number of nitrogens with one attached hydrogen (secondary N) is 1. The predicted octanol–water partition coefficient (Wildman–Crippen LogP) is 3.71. The Balaban J connectivity index is 1.93. The van der Waals surface area contributed by atoms with Gasteiger partial charge in [-0.25, -0.2) is 0 Å². The Hall–Kier alpha value is -2.33. The van der Waals surface area contributed by atoms with Crippen LogP contribution in [0.25, 0.3) is 0 Å². The summed E-state index contributed by atoms with van der Waals surface area (Å²) in [6.45, 7) is 4.17. The number of amides is 2. The summed E-state index contributed by atoms with van der Waals surface area (Å²) in [5.74, 6) is -0.196. The summed E-state index contributed by atoms with van der Waals surface area (Å²) in [7, 11) is 0. The molecule has 0 saturated carbocycles. The first-order chi connectivity index (χ1) is 11.5. The Bertz CT molecular complexity index is 731. The van der Waals surface area contributed by atoms with Gasteiger partial charge in [-0.3, -0.25) is 9.59 Å². The van der Waals surface area contributed by atoms with Crippen LogP contribution in [0.1, 0.15) is 24.5 Å². The van der Waals surface area contributed by atoms with Crippen LogP contribution in [0.4, 0.5) is 5.69 Å². The minimum atomic E-state index is -0.116. The largest absolute Gasteiger partial charge is 0.352 e. The van der Waals surface area contributed by atoms with Crippen molar-refractivity contribution in [3.05, 3.63) is 64.7 Å². The van der Waals surface area contributed by atoms with Crippen LogP contribution in [0.5, 0.6) is 0 Å². The third-order valence-corrected chi connectivity index (χ3v) is 4.15. The fraction of sp³-hybridized carbons (Fsp3) is 0.263. The van der Waals surface area contributed by atoms with E-state index in [-0.39, 0.29) is 18.2 Å². The fourth-order valence-corrected chi connectivity index (χ4v) is 2.65. The SMILES string of the molecule is CC(=O)N(CCC(=O)NCc1ccccc1Cl)c1ccccc1C. The number of anilines is 1. The molecule has 2 amide bonds. The van der Waals surface area contributed by atoms with Crippen LogP contribution >= 0.6 is 11.6 Å². The van der Waals surface area contributed by atoms with Gasteiger partial charge >= 0.3 is 0 Å². The highest BCUT2D eigenvalue weighted by atomic mass is 35.5. The molecule has 126 valence electrons. The van der Waals surface area contributed by atoms with Crippen LogP contribution in [0.3, 0.4) is 0 Å². The zero-order valence-corrected chi connectivity index (χ0v) is 14.6. The first kappa shape index (κ1) is 18.0. The lowest BCUT2D eigenvalue weighted by Crippen LogP contribution is -2.34. The van der Waals surface area contributed by atoms with E-state index in [1.807, 2.05) is 49.4 Å². The Labute approximate surface area is 147 Å². The molecular formula is C19H21ClN2O2. The fourth-order valence-electron chi connectivity index (χ4n) is 2.45. The summed E-state index contributed by atoms with van der Waals surface area (Å²) in [5, 5.41) is 3.47. The van der Waals surface area contributed by atoms with Crippen molar-refractivity contribution in [3.63, 3.8) is 0 Å². The Morgan fingerprint density at radius 1 is 1.08 bits per heavy atom. The molecule has 0 radical (unpaired) electrons. The standard InChI is InChI=1S/C19H21ClN2O2/c1-14-7-3-6-10-18(14)22(15(2)23)12-11-19(24)21-13-16-8-4-5-9-17(16)20/h3-10H,11-13H2,1-2H3,(H,21,24). The van der Waals surface area contributed by atoms with E-state index in [0.717, 1.165) is 16.8 Å². The molecule has 2 rings (SSSR count). The molecule has 0 bridgehead atoms. The quantitative estimate of drug-likeness (QED) is 0.868. The highest BCUT2D eigenvalue weighted by Crippen LogP contribution is 2.20. The molecule has 0 aliphatic carbocycles. The van der Waals surface area contributed by atoms with Crippen molar-refractivity contribution in [1.82, 2.24) is 5.32 Å². The molecule has 0 heterocycles. The number of para-hydroxylation sites is 1. The van der Waals surface area contributed by atoms with Gasteiger partial charge in [-0.15, -0.1) is 0 Å². The van der Waals surface area contributed by atoms with E-state index in [4.69, 9.17) is 11.6 Å². The van der Waals surface area contributed by atoms with Crippen LogP contribution in [0, 0.1) is 6.92 Å². The van der Waals surface area contributed by atoms with Crippen LogP contribution in [0.2, 0.25) is 5.02 Å². The minimum Gasteiger partial charge on any atom is -0.352 e. The van der Waals surface area contributed by atoms with Crippen molar-refractivity contribution in [1.29, 1.82) is 0 Å². The van der Waals surface area contributed by atoms with Crippen LogP contribution in [-0.4, -0.2) is 18.4 Å². The van der Waals surface area contributed by atoms with Crippen molar-refractivity contribution in [3.8, 4) is 0 Å². The van der Waals surface area contributed by atoms with Gasteiger partial charge in [-0.2, -0.15) is 0 Å². The van der Waals surface area contributed by atoms with Crippen LogP contribution < -0.4 is 10.2 Å². The van der Waals surface area contributed by atoms with Gasteiger partial charge in [-0.05, 0) is 30.2 Å². The zero-order chi connectivity index (χ0) is 17.5. The summed E-state index contributed by atoms with van der Waals surface area (Å²) in [6.07, 6.45) is 0.234. The molecule has 2 aromatic carbocycles. The maximum atomic E-state index is 12.1.